The van der Waals surface area contributed by atoms with Crippen molar-refractivity contribution < 1.29 is 14.4 Å². The van der Waals surface area contributed by atoms with Crippen molar-refractivity contribution >= 4 is 51.1 Å². The van der Waals surface area contributed by atoms with Crippen LogP contribution >= 0.6 is 27.5 Å². The monoisotopic (exact) mass is 449 g/mol. The maximum Gasteiger partial charge on any atom is 0.319 e. The van der Waals surface area contributed by atoms with Crippen molar-refractivity contribution in [2.45, 2.75) is 13.3 Å². The van der Waals surface area contributed by atoms with Gasteiger partial charge in [-0.15, -0.1) is 0 Å². The topological polar surface area (TPSA) is 78.5 Å². The predicted octanol–water partition coefficient (Wildman–Crippen LogP) is 4.22. The number of halogens is 2. The van der Waals surface area contributed by atoms with E-state index in [9.17, 15) is 14.4 Å². The quantitative estimate of drug-likeness (QED) is 0.529. The van der Waals surface area contributed by atoms with Gasteiger partial charge in [-0.1, -0.05) is 27.5 Å². The summed E-state index contributed by atoms with van der Waals surface area (Å²) in [5.74, 6) is -0.610. The molecule has 27 heavy (non-hydrogen) atoms. The van der Waals surface area contributed by atoms with Gasteiger partial charge in [-0.3, -0.25) is 14.5 Å². The number of nitrogens with one attached hydrogen (secondary N) is 2. The van der Waals surface area contributed by atoms with Crippen LogP contribution in [0.5, 0.6) is 0 Å². The van der Waals surface area contributed by atoms with Crippen molar-refractivity contribution in [3.8, 4) is 0 Å². The number of imide groups is 1. The molecule has 2 aromatic rings. The zero-order valence-electron chi connectivity index (χ0n) is 14.5. The van der Waals surface area contributed by atoms with Crippen LogP contribution in [-0.4, -0.2) is 35.8 Å². The molecule has 8 heteroatoms. The van der Waals surface area contributed by atoms with Crippen LogP contribution in [0.4, 0.5) is 10.5 Å². The normalized spacial score (nSPS) is 12.9. The molecule has 4 amide bonds. The van der Waals surface area contributed by atoms with Crippen molar-refractivity contribution in [1.29, 1.82) is 0 Å². The zero-order chi connectivity index (χ0) is 19.6. The van der Waals surface area contributed by atoms with Crippen molar-refractivity contribution in [2.24, 2.45) is 0 Å². The molecule has 6 nitrogen and oxygen atoms in total. The molecule has 0 saturated heterocycles. The molecule has 1 heterocycles. The molecular weight excluding hydrogens is 434 g/mol. The summed E-state index contributed by atoms with van der Waals surface area (Å²) in [7, 11) is 0. The van der Waals surface area contributed by atoms with Gasteiger partial charge in [0.15, 0.2) is 0 Å². The van der Waals surface area contributed by atoms with Gasteiger partial charge < -0.3 is 10.6 Å². The summed E-state index contributed by atoms with van der Waals surface area (Å²) in [4.78, 5) is 37.9. The molecule has 0 bridgehead atoms. The van der Waals surface area contributed by atoms with Gasteiger partial charge in [0.25, 0.3) is 11.8 Å². The zero-order valence-corrected chi connectivity index (χ0v) is 16.9. The van der Waals surface area contributed by atoms with Crippen LogP contribution in [0.15, 0.2) is 40.9 Å². The second kappa shape index (κ2) is 8.10. The largest absolute Gasteiger partial charge is 0.338 e. The Morgan fingerprint density at radius 3 is 2.59 bits per heavy atom. The summed E-state index contributed by atoms with van der Waals surface area (Å²) in [6, 6.07) is 9.86. The van der Waals surface area contributed by atoms with E-state index in [2.05, 4.69) is 26.6 Å². The first kappa shape index (κ1) is 19.4. The molecule has 0 fully saturated rings. The van der Waals surface area contributed by atoms with Gasteiger partial charge in [0.2, 0.25) is 0 Å². The minimum absolute atomic E-state index is 0.240. The van der Waals surface area contributed by atoms with Crippen molar-refractivity contribution in [1.82, 2.24) is 10.2 Å². The first-order valence-electron chi connectivity index (χ1n) is 8.33. The van der Waals surface area contributed by atoms with Gasteiger partial charge in [-0.25, -0.2) is 4.79 Å². The Morgan fingerprint density at radius 2 is 1.85 bits per heavy atom. The van der Waals surface area contributed by atoms with Crippen LogP contribution in [0.1, 0.15) is 32.7 Å². The van der Waals surface area contributed by atoms with Gasteiger partial charge in [0.05, 0.1) is 11.1 Å². The summed E-state index contributed by atoms with van der Waals surface area (Å²) >= 11 is 9.20. The number of aryl methyl sites for hydroxylation is 1. The van der Waals surface area contributed by atoms with Crippen molar-refractivity contribution in [2.75, 3.05) is 18.4 Å². The van der Waals surface area contributed by atoms with E-state index in [0.717, 1.165) is 10.0 Å². The second-order valence-electron chi connectivity index (χ2n) is 6.15. The van der Waals surface area contributed by atoms with Gasteiger partial charge in [-0.2, -0.15) is 0 Å². The Labute approximate surface area is 170 Å². The number of carbonyl (C=O) groups is 3. The molecule has 140 valence electrons. The molecule has 2 N–H and O–H groups in total. The molecule has 3 rings (SSSR count). The summed E-state index contributed by atoms with van der Waals surface area (Å²) in [5, 5.41) is 6.06. The number of carbonyl (C=O) groups excluding carboxylic acids is 3. The highest BCUT2D eigenvalue weighted by atomic mass is 79.9. The maximum absolute atomic E-state index is 12.4. The summed E-state index contributed by atoms with van der Waals surface area (Å²) < 4.78 is 0.750. The van der Waals surface area contributed by atoms with Crippen LogP contribution in [0.25, 0.3) is 0 Å². The fourth-order valence-corrected chi connectivity index (χ4v) is 3.43. The Morgan fingerprint density at radius 1 is 1.11 bits per heavy atom. The Hall–Kier alpha value is -2.38. The molecule has 0 aromatic heterocycles. The van der Waals surface area contributed by atoms with E-state index in [-0.39, 0.29) is 24.4 Å². The minimum atomic E-state index is -0.355. The van der Waals surface area contributed by atoms with E-state index in [1.165, 1.54) is 4.90 Å². The van der Waals surface area contributed by atoms with Crippen molar-refractivity contribution in [3.05, 3.63) is 62.6 Å². The van der Waals surface area contributed by atoms with E-state index < -0.39 is 0 Å². The third-order valence-electron chi connectivity index (χ3n) is 4.21. The molecule has 0 spiro atoms. The van der Waals surface area contributed by atoms with E-state index in [4.69, 9.17) is 11.6 Å². The number of fused-ring (bicyclic) bond motifs is 1. The van der Waals surface area contributed by atoms with Crippen LogP contribution in [0, 0.1) is 6.92 Å². The number of hydrogen-bond acceptors (Lipinski definition) is 3. The molecule has 0 atom stereocenters. The van der Waals surface area contributed by atoms with Crippen LogP contribution in [0.2, 0.25) is 5.02 Å². The van der Waals surface area contributed by atoms with Crippen LogP contribution in [0.3, 0.4) is 0 Å². The fraction of sp³-hybridized carbons (Fsp3) is 0.211. The molecule has 1 aliphatic rings. The lowest BCUT2D eigenvalue weighted by Crippen LogP contribution is -2.35. The predicted molar refractivity (Wildman–Crippen MR) is 107 cm³/mol. The third-order valence-corrected chi connectivity index (χ3v) is 4.94. The lowest BCUT2D eigenvalue weighted by molar-refractivity contribution is 0.0653. The Bertz CT molecular complexity index is 932. The first-order chi connectivity index (χ1) is 12.9. The van der Waals surface area contributed by atoms with Crippen molar-refractivity contribution in [3.63, 3.8) is 0 Å². The third kappa shape index (κ3) is 4.31. The number of rotatable bonds is 5. The average molecular weight is 451 g/mol. The second-order valence-corrected chi connectivity index (χ2v) is 7.50. The standard InChI is InChI=1S/C19H17BrClN3O3/c1-11-9-13(21)4-6-16(11)23-19(27)22-7-2-8-24-17(25)14-5-3-12(20)10-15(14)18(24)26/h3-6,9-10H,2,7-8H2,1H3,(H2,22,23,27). The number of anilines is 1. The Balaban J connectivity index is 1.48. The van der Waals surface area contributed by atoms with E-state index in [1.54, 1.807) is 36.4 Å². The highest BCUT2D eigenvalue weighted by molar-refractivity contribution is 9.10. The molecule has 0 aliphatic carbocycles. The molecular formula is C19H17BrClN3O3. The first-order valence-corrected chi connectivity index (χ1v) is 9.50. The fourth-order valence-electron chi connectivity index (χ4n) is 2.84. The number of urea groups is 1. The maximum atomic E-state index is 12.4. The summed E-state index contributed by atoms with van der Waals surface area (Å²) in [5.41, 5.74) is 2.34. The average Bonchev–Trinajstić information content (AvgIpc) is 2.85. The lowest BCUT2D eigenvalue weighted by Gasteiger charge is -2.14. The highest BCUT2D eigenvalue weighted by Gasteiger charge is 2.34. The summed E-state index contributed by atoms with van der Waals surface area (Å²) in [6.45, 7) is 2.42. The SMILES string of the molecule is Cc1cc(Cl)ccc1NC(=O)NCCCN1C(=O)c2ccc(Br)cc2C1=O. The van der Waals surface area contributed by atoms with Gasteiger partial charge in [0.1, 0.15) is 0 Å². The van der Waals surface area contributed by atoms with Crippen LogP contribution < -0.4 is 10.6 Å². The number of amides is 4. The molecule has 0 unspecified atom stereocenters. The number of benzene rings is 2. The van der Waals surface area contributed by atoms with E-state index >= 15 is 0 Å². The lowest BCUT2D eigenvalue weighted by atomic mass is 10.1. The molecule has 0 radical (unpaired) electrons. The number of hydrogen-bond donors (Lipinski definition) is 2. The highest BCUT2D eigenvalue weighted by Crippen LogP contribution is 2.26. The molecule has 1 aliphatic heterocycles. The smallest absolute Gasteiger partial charge is 0.319 e. The molecule has 0 saturated carbocycles. The van der Waals surface area contributed by atoms with Gasteiger partial charge in [-0.05, 0) is 55.3 Å². The van der Waals surface area contributed by atoms with Gasteiger partial charge >= 0.3 is 6.03 Å². The van der Waals surface area contributed by atoms with Gasteiger partial charge in [0, 0.05) is 28.3 Å². The van der Waals surface area contributed by atoms with Crippen LogP contribution in [-0.2, 0) is 0 Å². The molecule has 2 aromatic carbocycles. The van der Waals surface area contributed by atoms with E-state index in [0.29, 0.717) is 34.8 Å². The Kier molecular flexibility index (Phi) is 5.82. The number of nitrogens with zero attached hydrogens (tertiary/aromatic N) is 1. The minimum Gasteiger partial charge on any atom is -0.338 e. The van der Waals surface area contributed by atoms with E-state index in [1.807, 2.05) is 6.92 Å². The summed E-state index contributed by atoms with van der Waals surface area (Å²) in [6.07, 6.45) is 0.458.